The minimum atomic E-state index is -0.812. The predicted octanol–water partition coefficient (Wildman–Crippen LogP) is 2.76. The van der Waals surface area contributed by atoms with Crippen molar-refractivity contribution in [2.24, 2.45) is 0 Å². The summed E-state index contributed by atoms with van der Waals surface area (Å²) in [5.41, 5.74) is -0.389. The molecule has 2 rings (SSSR count). The first-order valence-electron chi connectivity index (χ1n) is 8.25. The highest BCUT2D eigenvalue weighted by Crippen LogP contribution is 2.29. The van der Waals surface area contributed by atoms with Crippen LogP contribution in [0.25, 0.3) is 0 Å². The van der Waals surface area contributed by atoms with Crippen molar-refractivity contribution in [3.63, 3.8) is 0 Å². The molecular formula is C18H28N2O3. The maximum atomic E-state index is 12.2. The van der Waals surface area contributed by atoms with E-state index in [-0.39, 0.29) is 6.04 Å². The molecule has 1 aromatic carbocycles. The Kier molecular flexibility index (Phi) is 5.65. The number of amides is 1. The van der Waals surface area contributed by atoms with Gasteiger partial charge in [-0.25, -0.2) is 4.79 Å². The molecule has 1 aromatic rings. The molecule has 1 fully saturated rings. The molecule has 1 amide bonds. The van der Waals surface area contributed by atoms with E-state index in [1.165, 1.54) is 0 Å². The molecule has 0 aliphatic carbocycles. The van der Waals surface area contributed by atoms with E-state index in [1.54, 1.807) is 0 Å². The number of ether oxygens (including phenoxy) is 1. The van der Waals surface area contributed by atoms with Gasteiger partial charge >= 0.3 is 6.09 Å². The van der Waals surface area contributed by atoms with Gasteiger partial charge in [-0.2, -0.15) is 0 Å². The number of nitrogens with one attached hydrogen (secondary N) is 2. The third-order valence-electron chi connectivity index (χ3n) is 3.93. The second kappa shape index (κ2) is 7.32. The van der Waals surface area contributed by atoms with Crippen LogP contribution in [0.3, 0.4) is 0 Å². The van der Waals surface area contributed by atoms with E-state index in [2.05, 4.69) is 10.6 Å². The molecule has 5 nitrogen and oxygen atoms in total. The van der Waals surface area contributed by atoms with Gasteiger partial charge in [0.25, 0.3) is 0 Å². The Bertz CT molecular complexity index is 505. The summed E-state index contributed by atoms with van der Waals surface area (Å²) >= 11 is 0. The lowest BCUT2D eigenvalue weighted by atomic mass is 9.85. The van der Waals surface area contributed by atoms with E-state index in [1.807, 2.05) is 51.1 Å². The Morgan fingerprint density at radius 2 is 2.09 bits per heavy atom. The standard InChI is InChI=1S/C18H28N2O3/c1-17(2,3)23-16(21)20-15(14-8-5-4-6-9-14)12-18(22)10-7-11-19-13-18/h4-6,8-9,15,19,22H,7,10-13H2,1-3H3,(H,20,21). The average molecular weight is 320 g/mol. The number of aliphatic hydroxyl groups is 1. The third-order valence-corrected chi connectivity index (χ3v) is 3.93. The lowest BCUT2D eigenvalue weighted by molar-refractivity contribution is -0.00287. The van der Waals surface area contributed by atoms with Crippen molar-refractivity contribution in [1.82, 2.24) is 10.6 Å². The lowest BCUT2D eigenvalue weighted by Crippen LogP contribution is -2.48. The van der Waals surface area contributed by atoms with Gasteiger partial charge in [0, 0.05) is 13.0 Å². The van der Waals surface area contributed by atoms with Crippen molar-refractivity contribution < 1.29 is 14.6 Å². The first kappa shape index (κ1) is 17.8. The molecule has 1 saturated heterocycles. The highest BCUT2D eigenvalue weighted by atomic mass is 16.6. The molecule has 3 N–H and O–H groups in total. The number of piperidine rings is 1. The SMILES string of the molecule is CC(C)(C)OC(=O)NC(CC1(O)CCCNC1)c1ccccc1. The molecule has 0 bridgehead atoms. The smallest absolute Gasteiger partial charge is 0.408 e. The third kappa shape index (κ3) is 5.84. The molecule has 1 aliphatic heterocycles. The van der Waals surface area contributed by atoms with Crippen molar-refractivity contribution in [1.29, 1.82) is 0 Å². The van der Waals surface area contributed by atoms with Crippen LogP contribution in [0.1, 0.15) is 51.6 Å². The summed E-state index contributed by atoms with van der Waals surface area (Å²) in [5.74, 6) is 0. The predicted molar refractivity (Wildman–Crippen MR) is 90.2 cm³/mol. The van der Waals surface area contributed by atoms with Gasteiger partial charge in [-0.05, 0) is 45.7 Å². The van der Waals surface area contributed by atoms with Gasteiger partial charge in [-0.3, -0.25) is 0 Å². The number of carbonyl (C=O) groups is 1. The molecule has 2 unspecified atom stereocenters. The number of carbonyl (C=O) groups excluding carboxylic acids is 1. The highest BCUT2D eigenvalue weighted by molar-refractivity contribution is 5.68. The maximum absolute atomic E-state index is 12.2. The minimum Gasteiger partial charge on any atom is -0.444 e. The van der Waals surface area contributed by atoms with E-state index < -0.39 is 17.3 Å². The summed E-state index contributed by atoms with van der Waals surface area (Å²) in [4.78, 5) is 12.2. The van der Waals surface area contributed by atoms with Crippen LogP contribution in [-0.2, 0) is 4.74 Å². The zero-order valence-electron chi connectivity index (χ0n) is 14.3. The van der Waals surface area contributed by atoms with Crippen molar-refractivity contribution in [3.8, 4) is 0 Å². The van der Waals surface area contributed by atoms with Crippen LogP contribution in [0.2, 0.25) is 0 Å². The van der Waals surface area contributed by atoms with Gasteiger partial charge < -0.3 is 20.5 Å². The van der Waals surface area contributed by atoms with E-state index in [0.29, 0.717) is 13.0 Å². The molecule has 128 valence electrons. The van der Waals surface area contributed by atoms with Crippen LogP contribution >= 0.6 is 0 Å². The first-order valence-corrected chi connectivity index (χ1v) is 8.25. The van der Waals surface area contributed by atoms with Gasteiger partial charge in [0.15, 0.2) is 0 Å². The van der Waals surface area contributed by atoms with Gasteiger partial charge in [-0.15, -0.1) is 0 Å². The fourth-order valence-electron chi connectivity index (χ4n) is 2.89. The molecule has 0 radical (unpaired) electrons. The summed E-state index contributed by atoms with van der Waals surface area (Å²) < 4.78 is 5.36. The second-order valence-corrected chi connectivity index (χ2v) is 7.32. The van der Waals surface area contributed by atoms with E-state index >= 15 is 0 Å². The summed E-state index contributed by atoms with van der Waals surface area (Å²) in [6.45, 7) is 6.98. The van der Waals surface area contributed by atoms with Crippen LogP contribution in [0, 0.1) is 0 Å². The van der Waals surface area contributed by atoms with Crippen molar-refractivity contribution >= 4 is 6.09 Å². The summed E-state index contributed by atoms with van der Waals surface area (Å²) in [6.07, 6.45) is 1.67. The van der Waals surface area contributed by atoms with E-state index in [0.717, 1.165) is 24.9 Å². The zero-order chi connectivity index (χ0) is 16.9. The Balaban J connectivity index is 2.10. The Morgan fingerprint density at radius 1 is 1.39 bits per heavy atom. The maximum Gasteiger partial charge on any atom is 0.408 e. The number of rotatable bonds is 4. The monoisotopic (exact) mass is 320 g/mol. The number of β-amino-alcohol motifs (C(OH)–C–C–N with tert-alkyl or cyclic N) is 1. The molecule has 23 heavy (non-hydrogen) atoms. The van der Waals surface area contributed by atoms with Crippen LogP contribution in [0.5, 0.6) is 0 Å². The molecule has 5 heteroatoms. The van der Waals surface area contributed by atoms with Gasteiger partial charge in [-0.1, -0.05) is 30.3 Å². The lowest BCUT2D eigenvalue weighted by Gasteiger charge is -2.36. The fourth-order valence-corrected chi connectivity index (χ4v) is 2.89. The fraction of sp³-hybridized carbons (Fsp3) is 0.611. The summed E-state index contributed by atoms with van der Waals surface area (Å²) in [6, 6.07) is 9.44. The van der Waals surface area contributed by atoms with Gasteiger partial charge in [0.1, 0.15) is 5.60 Å². The van der Waals surface area contributed by atoms with E-state index in [9.17, 15) is 9.90 Å². The number of benzene rings is 1. The van der Waals surface area contributed by atoms with Crippen LogP contribution in [0.15, 0.2) is 30.3 Å². The van der Waals surface area contributed by atoms with Crippen molar-refractivity contribution in [3.05, 3.63) is 35.9 Å². The molecule has 1 heterocycles. The number of alkyl carbamates (subject to hydrolysis) is 1. The quantitative estimate of drug-likeness (QED) is 0.798. The van der Waals surface area contributed by atoms with Gasteiger partial charge in [0.2, 0.25) is 0 Å². The zero-order valence-corrected chi connectivity index (χ0v) is 14.3. The molecule has 2 atom stereocenters. The van der Waals surface area contributed by atoms with Crippen LogP contribution in [-0.4, -0.2) is 35.5 Å². The Hall–Kier alpha value is -1.59. The largest absolute Gasteiger partial charge is 0.444 e. The topological polar surface area (TPSA) is 70.6 Å². The second-order valence-electron chi connectivity index (χ2n) is 7.32. The Morgan fingerprint density at radius 3 is 2.65 bits per heavy atom. The normalized spacial score (nSPS) is 23.1. The Labute approximate surface area is 138 Å². The minimum absolute atomic E-state index is 0.282. The first-order chi connectivity index (χ1) is 10.8. The summed E-state index contributed by atoms with van der Waals surface area (Å²) in [5, 5.41) is 16.9. The van der Waals surface area contributed by atoms with Crippen LogP contribution in [0.4, 0.5) is 4.79 Å². The highest BCUT2D eigenvalue weighted by Gasteiger charge is 2.34. The molecular weight excluding hydrogens is 292 g/mol. The van der Waals surface area contributed by atoms with Crippen molar-refractivity contribution in [2.45, 2.75) is 57.3 Å². The average Bonchev–Trinajstić information content (AvgIpc) is 2.46. The number of hydrogen-bond acceptors (Lipinski definition) is 4. The molecule has 1 aliphatic rings. The van der Waals surface area contributed by atoms with Gasteiger partial charge in [0.05, 0.1) is 11.6 Å². The molecule has 0 aromatic heterocycles. The van der Waals surface area contributed by atoms with E-state index in [4.69, 9.17) is 4.74 Å². The van der Waals surface area contributed by atoms with Crippen LogP contribution < -0.4 is 10.6 Å². The summed E-state index contributed by atoms with van der Waals surface area (Å²) in [7, 11) is 0. The molecule has 0 spiro atoms. The number of hydrogen-bond donors (Lipinski definition) is 3. The van der Waals surface area contributed by atoms with Crippen molar-refractivity contribution in [2.75, 3.05) is 13.1 Å². The molecule has 0 saturated carbocycles.